The van der Waals surface area contributed by atoms with Crippen molar-refractivity contribution in [1.29, 1.82) is 0 Å². The van der Waals surface area contributed by atoms with Gasteiger partial charge in [0.1, 0.15) is 5.82 Å². The van der Waals surface area contributed by atoms with E-state index in [-0.39, 0.29) is 16.7 Å². The molecular formula is C19H19ClFNO4. The van der Waals surface area contributed by atoms with Crippen LogP contribution in [0.3, 0.4) is 0 Å². The summed E-state index contributed by atoms with van der Waals surface area (Å²) in [6.45, 7) is 4.27. The monoisotopic (exact) mass is 379 g/mol. The Morgan fingerprint density at radius 2 is 1.85 bits per heavy atom. The van der Waals surface area contributed by atoms with Crippen molar-refractivity contribution in [3.05, 3.63) is 70.0 Å². The molecule has 0 spiro atoms. The molecule has 0 aliphatic rings. The SMILES string of the molecule is CC(C)OCc1ccc(C(=O)NC(C(=O)O)c2ccc(Cl)c(F)c2)cc1. The van der Waals surface area contributed by atoms with Crippen molar-refractivity contribution in [3.63, 3.8) is 0 Å². The lowest BCUT2D eigenvalue weighted by atomic mass is 10.1. The molecule has 0 heterocycles. The van der Waals surface area contributed by atoms with Crippen LogP contribution < -0.4 is 5.32 Å². The predicted molar refractivity (Wildman–Crippen MR) is 95.6 cm³/mol. The molecule has 1 atom stereocenters. The van der Waals surface area contributed by atoms with E-state index in [9.17, 15) is 19.1 Å². The van der Waals surface area contributed by atoms with Crippen molar-refractivity contribution in [3.8, 4) is 0 Å². The van der Waals surface area contributed by atoms with Crippen molar-refractivity contribution < 1.29 is 23.8 Å². The number of benzene rings is 2. The van der Waals surface area contributed by atoms with Crippen LogP contribution >= 0.6 is 11.6 Å². The van der Waals surface area contributed by atoms with Crippen LogP contribution in [0.25, 0.3) is 0 Å². The Labute approximate surface area is 155 Å². The van der Waals surface area contributed by atoms with E-state index >= 15 is 0 Å². The van der Waals surface area contributed by atoms with Gasteiger partial charge in [-0.15, -0.1) is 0 Å². The third-order valence-corrected chi connectivity index (χ3v) is 3.91. The minimum absolute atomic E-state index is 0.0917. The molecule has 0 saturated heterocycles. The fourth-order valence-electron chi connectivity index (χ4n) is 2.21. The van der Waals surface area contributed by atoms with Gasteiger partial charge in [-0.3, -0.25) is 4.79 Å². The number of carbonyl (C=O) groups is 2. The standard InChI is InChI=1S/C19H19ClFNO4/c1-11(2)26-10-12-3-5-13(6-4-12)18(23)22-17(19(24)25)14-7-8-15(20)16(21)9-14/h3-9,11,17H,10H2,1-2H3,(H,22,23)(H,24,25). The molecule has 0 bridgehead atoms. The Balaban J connectivity index is 2.12. The van der Waals surface area contributed by atoms with Crippen LogP contribution in [0.1, 0.15) is 41.4 Å². The van der Waals surface area contributed by atoms with Crippen molar-refractivity contribution in [2.45, 2.75) is 32.6 Å². The second-order valence-corrected chi connectivity index (χ2v) is 6.38. The molecule has 0 aliphatic heterocycles. The molecule has 0 radical (unpaired) electrons. The van der Waals surface area contributed by atoms with E-state index in [1.54, 1.807) is 24.3 Å². The third kappa shape index (κ3) is 5.28. The number of halogens is 2. The number of amides is 1. The van der Waals surface area contributed by atoms with Crippen LogP contribution in [0.5, 0.6) is 0 Å². The van der Waals surface area contributed by atoms with Crippen molar-refractivity contribution in [1.82, 2.24) is 5.32 Å². The van der Waals surface area contributed by atoms with Crippen molar-refractivity contribution in [2.24, 2.45) is 0 Å². The lowest BCUT2D eigenvalue weighted by Gasteiger charge is -2.15. The predicted octanol–water partition coefficient (Wildman–Crippen LogP) is 3.96. The van der Waals surface area contributed by atoms with E-state index < -0.39 is 23.7 Å². The topological polar surface area (TPSA) is 75.6 Å². The number of aliphatic carboxylic acids is 1. The lowest BCUT2D eigenvalue weighted by Crippen LogP contribution is -2.33. The van der Waals surface area contributed by atoms with E-state index in [2.05, 4.69) is 5.32 Å². The van der Waals surface area contributed by atoms with Crippen LogP contribution in [0.15, 0.2) is 42.5 Å². The highest BCUT2D eigenvalue weighted by Crippen LogP contribution is 2.21. The van der Waals surface area contributed by atoms with Gasteiger partial charge in [-0.1, -0.05) is 29.8 Å². The number of nitrogens with one attached hydrogen (secondary N) is 1. The molecule has 0 fully saturated rings. The maximum atomic E-state index is 13.6. The van der Waals surface area contributed by atoms with Crippen LogP contribution in [-0.2, 0) is 16.1 Å². The molecule has 5 nitrogen and oxygen atoms in total. The quantitative estimate of drug-likeness (QED) is 0.763. The maximum absolute atomic E-state index is 13.6. The summed E-state index contributed by atoms with van der Waals surface area (Å²) in [6.07, 6.45) is 0.0917. The summed E-state index contributed by atoms with van der Waals surface area (Å²) in [5.41, 5.74) is 1.28. The summed E-state index contributed by atoms with van der Waals surface area (Å²) >= 11 is 5.61. The molecule has 2 N–H and O–H groups in total. The maximum Gasteiger partial charge on any atom is 0.330 e. The van der Waals surface area contributed by atoms with Crippen LogP contribution in [0.2, 0.25) is 5.02 Å². The van der Waals surface area contributed by atoms with Crippen LogP contribution in [0, 0.1) is 5.82 Å². The van der Waals surface area contributed by atoms with Gasteiger partial charge in [0.25, 0.3) is 5.91 Å². The van der Waals surface area contributed by atoms with E-state index in [0.717, 1.165) is 11.6 Å². The number of carboxylic acid groups (broad SMARTS) is 1. The molecule has 2 rings (SSSR count). The minimum atomic E-state index is -1.39. The van der Waals surface area contributed by atoms with Gasteiger partial charge >= 0.3 is 5.97 Å². The number of carboxylic acids is 1. The Kier molecular flexibility index (Phi) is 6.71. The van der Waals surface area contributed by atoms with Crippen molar-refractivity contribution >= 4 is 23.5 Å². The molecular weight excluding hydrogens is 361 g/mol. The molecule has 0 aliphatic carbocycles. The number of ether oxygens (including phenoxy) is 1. The number of rotatable bonds is 7. The van der Waals surface area contributed by atoms with E-state index in [1.807, 2.05) is 13.8 Å². The molecule has 0 saturated carbocycles. The molecule has 26 heavy (non-hydrogen) atoms. The summed E-state index contributed by atoms with van der Waals surface area (Å²) < 4.78 is 19.1. The number of hydrogen-bond acceptors (Lipinski definition) is 3. The van der Waals surface area contributed by atoms with Gasteiger partial charge in [0.15, 0.2) is 6.04 Å². The normalized spacial score (nSPS) is 12.0. The fourth-order valence-corrected chi connectivity index (χ4v) is 2.33. The van der Waals surface area contributed by atoms with Gasteiger partial charge in [0, 0.05) is 5.56 Å². The first-order chi connectivity index (χ1) is 12.3. The van der Waals surface area contributed by atoms with Gasteiger partial charge < -0.3 is 15.2 Å². The van der Waals surface area contributed by atoms with E-state index in [4.69, 9.17) is 16.3 Å². The van der Waals surface area contributed by atoms with Gasteiger partial charge in [0.2, 0.25) is 0 Å². The summed E-state index contributed by atoms with van der Waals surface area (Å²) in [7, 11) is 0. The molecule has 1 amide bonds. The summed E-state index contributed by atoms with van der Waals surface area (Å²) in [4.78, 5) is 23.8. The number of carbonyl (C=O) groups excluding carboxylic acids is 1. The first-order valence-electron chi connectivity index (χ1n) is 7.97. The van der Waals surface area contributed by atoms with Gasteiger partial charge in [-0.25, -0.2) is 9.18 Å². The molecule has 0 aromatic heterocycles. The van der Waals surface area contributed by atoms with Crippen LogP contribution in [-0.4, -0.2) is 23.1 Å². The second-order valence-electron chi connectivity index (χ2n) is 5.97. The zero-order valence-corrected chi connectivity index (χ0v) is 15.1. The number of hydrogen-bond donors (Lipinski definition) is 2. The molecule has 138 valence electrons. The smallest absolute Gasteiger partial charge is 0.330 e. The van der Waals surface area contributed by atoms with Crippen LogP contribution in [0.4, 0.5) is 4.39 Å². The average Bonchev–Trinajstić information content (AvgIpc) is 2.60. The van der Waals surface area contributed by atoms with E-state index in [1.165, 1.54) is 12.1 Å². The summed E-state index contributed by atoms with van der Waals surface area (Å²) in [5, 5.41) is 11.6. The molecule has 1 unspecified atom stereocenters. The zero-order chi connectivity index (χ0) is 19.3. The Morgan fingerprint density at radius 3 is 2.38 bits per heavy atom. The minimum Gasteiger partial charge on any atom is -0.479 e. The first kappa shape index (κ1) is 19.9. The highest BCUT2D eigenvalue weighted by atomic mass is 35.5. The summed E-state index contributed by atoms with van der Waals surface area (Å²) in [6, 6.07) is 8.83. The van der Waals surface area contributed by atoms with E-state index in [0.29, 0.717) is 12.2 Å². The molecule has 2 aromatic carbocycles. The summed E-state index contributed by atoms with van der Waals surface area (Å²) in [5.74, 6) is -2.63. The molecule has 7 heteroatoms. The largest absolute Gasteiger partial charge is 0.479 e. The fraction of sp³-hybridized carbons (Fsp3) is 0.263. The van der Waals surface area contributed by atoms with Crippen molar-refractivity contribution in [2.75, 3.05) is 0 Å². The first-order valence-corrected chi connectivity index (χ1v) is 8.35. The highest BCUT2D eigenvalue weighted by molar-refractivity contribution is 6.30. The third-order valence-electron chi connectivity index (χ3n) is 3.60. The van der Waals surface area contributed by atoms with Gasteiger partial charge in [-0.2, -0.15) is 0 Å². The molecule has 2 aromatic rings. The average molecular weight is 380 g/mol. The second kappa shape index (κ2) is 8.78. The highest BCUT2D eigenvalue weighted by Gasteiger charge is 2.23. The Morgan fingerprint density at radius 1 is 1.19 bits per heavy atom. The lowest BCUT2D eigenvalue weighted by molar-refractivity contribution is -0.139. The zero-order valence-electron chi connectivity index (χ0n) is 14.3. The Hall–Kier alpha value is -2.44. The Bertz CT molecular complexity index is 793. The van der Waals surface area contributed by atoms with Gasteiger partial charge in [-0.05, 0) is 49.2 Å². The van der Waals surface area contributed by atoms with Gasteiger partial charge in [0.05, 0.1) is 17.7 Å².